The number of anilines is 2. The minimum Gasteiger partial charge on any atom is -0.378 e. The van der Waals surface area contributed by atoms with Crippen molar-refractivity contribution in [2.45, 2.75) is 6.92 Å². The number of benzene rings is 1. The van der Waals surface area contributed by atoms with Gasteiger partial charge < -0.3 is 20.3 Å². The van der Waals surface area contributed by atoms with Gasteiger partial charge in [0.15, 0.2) is 5.13 Å². The van der Waals surface area contributed by atoms with Crippen molar-refractivity contribution in [1.29, 1.82) is 0 Å². The summed E-state index contributed by atoms with van der Waals surface area (Å²) >= 11 is 1.67. The normalized spacial score (nSPS) is 23.2. The molecule has 2 atom stereocenters. The lowest BCUT2D eigenvalue weighted by Crippen LogP contribution is -2.36. The molecule has 138 valence electrons. The third-order valence-electron chi connectivity index (χ3n) is 5.08. The second-order valence-electron chi connectivity index (χ2n) is 6.92. The van der Waals surface area contributed by atoms with Gasteiger partial charge in [-0.3, -0.25) is 4.79 Å². The fourth-order valence-corrected chi connectivity index (χ4v) is 4.31. The minimum atomic E-state index is 0.0456. The molecule has 0 bridgehead atoms. The predicted octanol–water partition coefficient (Wildman–Crippen LogP) is 2.44. The quantitative estimate of drug-likeness (QED) is 0.863. The number of carbonyl (C=O) groups excluding carboxylic acids is 1. The van der Waals surface area contributed by atoms with Gasteiger partial charge in [0.25, 0.3) is 0 Å². The topological polar surface area (TPSA) is 66.5 Å². The van der Waals surface area contributed by atoms with E-state index < -0.39 is 0 Å². The van der Waals surface area contributed by atoms with Crippen LogP contribution in [0.25, 0.3) is 11.3 Å². The molecule has 2 N–H and O–H groups in total. The lowest BCUT2D eigenvalue weighted by molar-refractivity contribution is -0.120. The van der Waals surface area contributed by atoms with Gasteiger partial charge in [-0.05, 0) is 24.6 Å². The molecule has 4 rings (SSSR count). The van der Waals surface area contributed by atoms with Gasteiger partial charge >= 0.3 is 0 Å². The molecule has 3 heterocycles. The van der Waals surface area contributed by atoms with Crippen LogP contribution in [0.4, 0.5) is 10.8 Å². The first kappa shape index (κ1) is 17.5. The van der Waals surface area contributed by atoms with E-state index in [0.717, 1.165) is 61.5 Å². The molecule has 0 radical (unpaired) electrons. The number of nitrogens with one attached hydrogen (secondary N) is 2. The van der Waals surface area contributed by atoms with Crippen molar-refractivity contribution in [2.75, 3.05) is 49.6 Å². The number of hydrogen-bond acceptors (Lipinski definition) is 6. The molecule has 6 nitrogen and oxygen atoms in total. The molecule has 2 aliphatic heterocycles. The van der Waals surface area contributed by atoms with Gasteiger partial charge in [0.05, 0.1) is 24.8 Å². The van der Waals surface area contributed by atoms with E-state index in [2.05, 4.69) is 27.8 Å². The van der Waals surface area contributed by atoms with E-state index in [9.17, 15) is 4.79 Å². The van der Waals surface area contributed by atoms with Crippen LogP contribution >= 0.6 is 11.3 Å². The number of thiazole rings is 1. The first-order chi connectivity index (χ1) is 12.7. The Kier molecular flexibility index (Phi) is 5.19. The smallest absolute Gasteiger partial charge is 0.229 e. The van der Waals surface area contributed by atoms with Crippen molar-refractivity contribution < 1.29 is 9.53 Å². The highest BCUT2D eigenvalue weighted by molar-refractivity contribution is 7.14. The Hall–Kier alpha value is -1.96. The Morgan fingerprint density at radius 1 is 1.27 bits per heavy atom. The lowest BCUT2D eigenvalue weighted by Gasteiger charge is -2.26. The van der Waals surface area contributed by atoms with E-state index in [0.29, 0.717) is 5.92 Å². The van der Waals surface area contributed by atoms with Crippen molar-refractivity contribution in [3.05, 3.63) is 29.6 Å². The zero-order valence-corrected chi connectivity index (χ0v) is 15.7. The Bertz CT molecular complexity index is 755. The van der Waals surface area contributed by atoms with Crippen molar-refractivity contribution in [3.8, 4) is 11.3 Å². The number of ether oxygens (including phenoxy) is 1. The van der Waals surface area contributed by atoms with Crippen molar-refractivity contribution in [1.82, 2.24) is 10.3 Å². The third kappa shape index (κ3) is 3.75. The molecule has 2 fully saturated rings. The lowest BCUT2D eigenvalue weighted by atomic mass is 9.97. The zero-order chi connectivity index (χ0) is 17.9. The van der Waals surface area contributed by atoms with Crippen molar-refractivity contribution in [3.63, 3.8) is 0 Å². The number of rotatable bonds is 4. The summed E-state index contributed by atoms with van der Waals surface area (Å²) in [5.41, 5.74) is 2.87. The van der Waals surface area contributed by atoms with Crippen LogP contribution in [0.3, 0.4) is 0 Å². The molecule has 2 saturated heterocycles. The van der Waals surface area contributed by atoms with Gasteiger partial charge in [0.2, 0.25) is 5.91 Å². The summed E-state index contributed by atoms with van der Waals surface area (Å²) in [6, 6.07) is 7.94. The summed E-state index contributed by atoms with van der Waals surface area (Å²) in [7, 11) is 0. The van der Waals surface area contributed by atoms with Crippen LogP contribution in [0.1, 0.15) is 6.92 Å². The molecule has 1 aromatic carbocycles. The number of amides is 1. The molecule has 26 heavy (non-hydrogen) atoms. The molecular formula is C19H24N4O2S. The maximum absolute atomic E-state index is 12.4. The zero-order valence-electron chi connectivity index (χ0n) is 14.9. The summed E-state index contributed by atoms with van der Waals surface area (Å²) < 4.78 is 5.40. The fraction of sp³-hybridized carbons (Fsp3) is 0.474. The fourth-order valence-electron chi connectivity index (χ4n) is 3.42. The SMILES string of the molecule is C[C@@H]1CNC[C@H]1C(=O)Nc1ccc(-c2csc(N3CCOCC3)n2)cc1. The Balaban J connectivity index is 1.41. The molecule has 2 aromatic rings. The van der Waals surface area contributed by atoms with Crippen LogP contribution in [0.15, 0.2) is 29.6 Å². The molecular weight excluding hydrogens is 348 g/mol. The van der Waals surface area contributed by atoms with E-state index in [4.69, 9.17) is 9.72 Å². The van der Waals surface area contributed by atoms with Crippen molar-refractivity contribution >= 4 is 28.1 Å². The summed E-state index contributed by atoms with van der Waals surface area (Å²) in [5.74, 6) is 0.519. The highest BCUT2D eigenvalue weighted by Crippen LogP contribution is 2.29. The molecule has 0 spiro atoms. The van der Waals surface area contributed by atoms with Crippen LogP contribution in [-0.2, 0) is 9.53 Å². The molecule has 1 amide bonds. The maximum Gasteiger partial charge on any atom is 0.229 e. The summed E-state index contributed by atoms with van der Waals surface area (Å²) in [4.78, 5) is 19.4. The predicted molar refractivity (Wildman–Crippen MR) is 105 cm³/mol. The second-order valence-corrected chi connectivity index (χ2v) is 7.76. The Morgan fingerprint density at radius 3 is 2.73 bits per heavy atom. The Morgan fingerprint density at radius 2 is 2.04 bits per heavy atom. The monoisotopic (exact) mass is 372 g/mol. The van der Waals surface area contributed by atoms with Crippen molar-refractivity contribution in [2.24, 2.45) is 11.8 Å². The molecule has 0 unspecified atom stereocenters. The van der Waals surface area contributed by atoms with E-state index in [1.165, 1.54) is 0 Å². The van der Waals surface area contributed by atoms with E-state index in [-0.39, 0.29) is 11.8 Å². The van der Waals surface area contributed by atoms with Crippen LogP contribution in [0.2, 0.25) is 0 Å². The van der Waals surface area contributed by atoms with Gasteiger partial charge in [0, 0.05) is 36.3 Å². The standard InChI is InChI=1S/C19H24N4O2S/c1-13-10-20-11-16(13)18(24)21-15-4-2-14(3-5-15)17-12-26-19(22-17)23-6-8-25-9-7-23/h2-5,12-13,16,20H,6-11H2,1H3,(H,21,24)/t13-,16-/m1/s1. The van der Waals surface area contributed by atoms with E-state index >= 15 is 0 Å². The molecule has 1 aromatic heterocycles. The minimum absolute atomic E-state index is 0.0456. The molecule has 0 aliphatic carbocycles. The number of hydrogen-bond donors (Lipinski definition) is 2. The number of morpholine rings is 1. The van der Waals surface area contributed by atoms with Gasteiger partial charge in [-0.2, -0.15) is 0 Å². The van der Waals surface area contributed by atoms with Crippen LogP contribution in [0.5, 0.6) is 0 Å². The van der Waals surface area contributed by atoms with Gasteiger partial charge in [-0.25, -0.2) is 4.98 Å². The van der Waals surface area contributed by atoms with E-state index in [1.807, 2.05) is 24.3 Å². The van der Waals surface area contributed by atoms with E-state index in [1.54, 1.807) is 11.3 Å². The summed E-state index contributed by atoms with van der Waals surface area (Å²) in [6.07, 6.45) is 0. The third-order valence-corrected chi connectivity index (χ3v) is 5.98. The number of carbonyl (C=O) groups is 1. The van der Waals surface area contributed by atoms with Gasteiger partial charge in [0.1, 0.15) is 0 Å². The Labute approximate surface area is 157 Å². The van der Waals surface area contributed by atoms with Crippen LogP contribution < -0.4 is 15.5 Å². The molecule has 0 saturated carbocycles. The second kappa shape index (κ2) is 7.73. The largest absolute Gasteiger partial charge is 0.378 e. The van der Waals surface area contributed by atoms with Crippen LogP contribution in [-0.4, -0.2) is 50.3 Å². The highest BCUT2D eigenvalue weighted by Gasteiger charge is 2.29. The van der Waals surface area contributed by atoms with Gasteiger partial charge in [-0.1, -0.05) is 19.1 Å². The average molecular weight is 372 g/mol. The molecule has 7 heteroatoms. The first-order valence-electron chi connectivity index (χ1n) is 9.11. The average Bonchev–Trinajstić information content (AvgIpc) is 3.32. The summed E-state index contributed by atoms with van der Waals surface area (Å²) in [5, 5.41) is 9.43. The maximum atomic E-state index is 12.4. The van der Waals surface area contributed by atoms with Gasteiger partial charge in [-0.15, -0.1) is 11.3 Å². The highest BCUT2D eigenvalue weighted by atomic mass is 32.1. The molecule has 2 aliphatic rings. The number of nitrogens with zero attached hydrogens (tertiary/aromatic N) is 2. The summed E-state index contributed by atoms with van der Waals surface area (Å²) in [6.45, 7) is 7.10. The van der Waals surface area contributed by atoms with Crippen LogP contribution in [0, 0.1) is 11.8 Å². The number of aromatic nitrogens is 1. The first-order valence-corrected chi connectivity index (χ1v) is 9.99.